The van der Waals surface area contributed by atoms with Crippen LogP contribution < -0.4 is 5.73 Å². The van der Waals surface area contributed by atoms with Crippen LogP contribution in [0.5, 0.6) is 0 Å². The van der Waals surface area contributed by atoms with Gasteiger partial charge in [-0.05, 0) is 19.1 Å². The summed E-state index contributed by atoms with van der Waals surface area (Å²) in [6.07, 6.45) is -0.925. The van der Waals surface area contributed by atoms with Crippen molar-refractivity contribution in [1.82, 2.24) is 15.1 Å². The lowest BCUT2D eigenvalue weighted by atomic mass is 10.3. The molecule has 6 nitrogen and oxygen atoms in total. The summed E-state index contributed by atoms with van der Waals surface area (Å²) in [6.45, 7) is 1.92. The zero-order valence-electron chi connectivity index (χ0n) is 8.79. The molecule has 0 aliphatic heterocycles. The highest BCUT2D eigenvalue weighted by molar-refractivity contribution is 5.48. The Balaban J connectivity index is 2.31. The average molecular weight is 220 g/mol. The van der Waals surface area contributed by atoms with Gasteiger partial charge in [0.05, 0.1) is 0 Å². The number of rotatable bonds is 3. The molecule has 0 spiro atoms. The molecule has 0 bridgehead atoms. The number of nitrogens with two attached hydrogens (primary N) is 1. The molecule has 84 valence electrons. The minimum Gasteiger partial charge on any atom is -0.382 e. The first-order chi connectivity index (χ1) is 7.70. The zero-order chi connectivity index (χ0) is 11.5. The number of aliphatic hydroxyl groups excluding tert-OH is 1. The van der Waals surface area contributed by atoms with Crippen LogP contribution in [0.1, 0.15) is 17.7 Å². The fraction of sp³-hybridized carbons (Fsp3) is 0.300. The summed E-state index contributed by atoms with van der Waals surface area (Å²) in [4.78, 5) is 8.27. The molecule has 2 heterocycles. The van der Waals surface area contributed by atoms with Crippen LogP contribution in [0.15, 0.2) is 22.7 Å². The highest BCUT2D eigenvalue weighted by Crippen LogP contribution is 2.16. The predicted molar refractivity (Wildman–Crippen MR) is 56.3 cm³/mol. The van der Waals surface area contributed by atoms with E-state index in [4.69, 9.17) is 10.3 Å². The molecular formula is C10H12N4O2. The Labute approximate surface area is 92.1 Å². The van der Waals surface area contributed by atoms with Crippen molar-refractivity contribution >= 4 is 0 Å². The van der Waals surface area contributed by atoms with Crippen molar-refractivity contribution in [2.75, 3.05) is 6.54 Å². The van der Waals surface area contributed by atoms with Crippen molar-refractivity contribution in [3.8, 4) is 11.5 Å². The summed E-state index contributed by atoms with van der Waals surface area (Å²) >= 11 is 0. The zero-order valence-corrected chi connectivity index (χ0v) is 8.79. The van der Waals surface area contributed by atoms with Crippen LogP contribution in [0, 0.1) is 6.92 Å². The third-order valence-electron chi connectivity index (χ3n) is 2.07. The van der Waals surface area contributed by atoms with E-state index in [1.54, 1.807) is 6.07 Å². The topological polar surface area (TPSA) is 98.1 Å². The number of pyridine rings is 1. The maximum atomic E-state index is 9.40. The summed E-state index contributed by atoms with van der Waals surface area (Å²) in [5.74, 6) is 0.465. The molecule has 3 N–H and O–H groups in total. The largest absolute Gasteiger partial charge is 0.382 e. The second-order valence-electron chi connectivity index (χ2n) is 3.37. The molecule has 0 aliphatic rings. The van der Waals surface area contributed by atoms with Crippen molar-refractivity contribution in [3.63, 3.8) is 0 Å². The normalized spacial score (nSPS) is 12.7. The Morgan fingerprint density at radius 1 is 1.44 bits per heavy atom. The van der Waals surface area contributed by atoms with E-state index in [2.05, 4.69) is 15.1 Å². The number of hydrogen-bond acceptors (Lipinski definition) is 6. The van der Waals surface area contributed by atoms with Crippen molar-refractivity contribution in [3.05, 3.63) is 29.8 Å². The van der Waals surface area contributed by atoms with Gasteiger partial charge in [-0.1, -0.05) is 11.2 Å². The maximum Gasteiger partial charge on any atom is 0.257 e. The van der Waals surface area contributed by atoms with Crippen LogP contribution in [0.2, 0.25) is 0 Å². The summed E-state index contributed by atoms with van der Waals surface area (Å²) in [6, 6.07) is 5.50. The van der Waals surface area contributed by atoms with Crippen LogP contribution in [-0.2, 0) is 0 Å². The lowest BCUT2D eigenvalue weighted by Gasteiger charge is -1.98. The van der Waals surface area contributed by atoms with E-state index < -0.39 is 6.10 Å². The molecule has 1 atom stereocenters. The van der Waals surface area contributed by atoms with E-state index in [-0.39, 0.29) is 12.4 Å². The Hall–Kier alpha value is -1.79. The number of hydrogen-bond donors (Lipinski definition) is 2. The molecular weight excluding hydrogens is 208 g/mol. The number of nitrogens with zero attached hydrogens (tertiary/aromatic N) is 3. The molecule has 0 saturated carbocycles. The summed E-state index contributed by atoms with van der Waals surface area (Å²) < 4.78 is 4.88. The van der Waals surface area contributed by atoms with Gasteiger partial charge >= 0.3 is 0 Å². The first kappa shape index (κ1) is 10.7. The highest BCUT2D eigenvalue weighted by Gasteiger charge is 2.15. The highest BCUT2D eigenvalue weighted by atomic mass is 16.5. The Morgan fingerprint density at radius 2 is 2.25 bits per heavy atom. The molecule has 0 radical (unpaired) electrons. The predicted octanol–water partition coefficient (Wildman–Crippen LogP) is 0.432. The average Bonchev–Trinajstić information content (AvgIpc) is 2.77. The van der Waals surface area contributed by atoms with Crippen molar-refractivity contribution in [2.45, 2.75) is 13.0 Å². The van der Waals surface area contributed by atoms with Gasteiger partial charge in [0.25, 0.3) is 5.89 Å². The number of aromatic nitrogens is 3. The molecule has 1 unspecified atom stereocenters. The lowest BCUT2D eigenvalue weighted by molar-refractivity contribution is 0.141. The van der Waals surface area contributed by atoms with E-state index in [0.29, 0.717) is 11.5 Å². The quantitative estimate of drug-likeness (QED) is 0.778. The maximum absolute atomic E-state index is 9.40. The first-order valence-corrected chi connectivity index (χ1v) is 4.86. The van der Waals surface area contributed by atoms with E-state index in [0.717, 1.165) is 5.69 Å². The molecule has 0 amide bonds. The third-order valence-corrected chi connectivity index (χ3v) is 2.07. The van der Waals surface area contributed by atoms with Gasteiger partial charge in [0.2, 0.25) is 5.82 Å². The van der Waals surface area contributed by atoms with Crippen molar-refractivity contribution < 1.29 is 9.63 Å². The van der Waals surface area contributed by atoms with Crippen LogP contribution in [-0.4, -0.2) is 26.8 Å². The molecule has 0 aromatic carbocycles. The molecule has 2 aromatic rings. The monoisotopic (exact) mass is 220 g/mol. The van der Waals surface area contributed by atoms with Gasteiger partial charge in [-0.2, -0.15) is 4.98 Å². The molecule has 0 saturated heterocycles. The molecule has 0 fully saturated rings. The minimum atomic E-state index is -0.925. The SMILES string of the molecule is Cc1cccc(-c2noc(C(O)CN)n2)n1. The first-order valence-electron chi connectivity index (χ1n) is 4.86. The van der Waals surface area contributed by atoms with Crippen molar-refractivity contribution in [1.29, 1.82) is 0 Å². The Kier molecular flexibility index (Phi) is 2.93. The van der Waals surface area contributed by atoms with Gasteiger partial charge in [-0.25, -0.2) is 4.98 Å². The van der Waals surface area contributed by atoms with Crippen LogP contribution in [0.25, 0.3) is 11.5 Å². The number of aryl methyl sites for hydroxylation is 1. The molecule has 6 heteroatoms. The van der Waals surface area contributed by atoms with Gasteiger partial charge < -0.3 is 15.4 Å². The summed E-state index contributed by atoms with van der Waals surface area (Å²) in [5.41, 5.74) is 6.76. The number of aliphatic hydroxyl groups is 1. The standard InChI is InChI=1S/C10H12N4O2/c1-6-3-2-4-7(12-6)9-13-10(16-14-9)8(15)5-11/h2-4,8,15H,5,11H2,1H3. The van der Waals surface area contributed by atoms with Gasteiger partial charge in [0, 0.05) is 12.2 Å². The fourth-order valence-electron chi connectivity index (χ4n) is 1.24. The van der Waals surface area contributed by atoms with Crippen molar-refractivity contribution in [2.24, 2.45) is 5.73 Å². The van der Waals surface area contributed by atoms with Gasteiger partial charge in [-0.15, -0.1) is 0 Å². The van der Waals surface area contributed by atoms with Crippen LogP contribution in [0.4, 0.5) is 0 Å². The Bertz CT molecular complexity index is 483. The van der Waals surface area contributed by atoms with E-state index in [1.807, 2.05) is 19.1 Å². The van der Waals surface area contributed by atoms with E-state index >= 15 is 0 Å². The Morgan fingerprint density at radius 3 is 2.94 bits per heavy atom. The summed E-state index contributed by atoms with van der Waals surface area (Å²) in [5, 5.41) is 13.1. The fourth-order valence-corrected chi connectivity index (χ4v) is 1.24. The molecule has 2 rings (SSSR count). The lowest BCUT2D eigenvalue weighted by Crippen LogP contribution is -2.11. The van der Waals surface area contributed by atoms with Gasteiger partial charge in [0.15, 0.2) is 0 Å². The smallest absolute Gasteiger partial charge is 0.257 e. The summed E-state index contributed by atoms with van der Waals surface area (Å²) in [7, 11) is 0. The molecule has 16 heavy (non-hydrogen) atoms. The van der Waals surface area contributed by atoms with Gasteiger partial charge in [-0.3, -0.25) is 0 Å². The van der Waals surface area contributed by atoms with E-state index in [1.165, 1.54) is 0 Å². The second-order valence-corrected chi connectivity index (χ2v) is 3.37. The second kappa shape index (κ2) is 4.38. The van der Waals surface area contributed by atoms with Gasteiger partial charge in [0.1, 0.15) is 11.8 Å². The van der Waals surface area contributed by atoms with E-state index in [9.17, 15) is 5.11 Å². The van der Waals surface area contributed by atoms with Crippen LogP contribution in [0.3, 0.4) is 0 Å². The third kappa shape index (κ3) is 2.07. The minimum absolute atomic E-state index is 0.0445. The molecule has 0 aliphatic carbocycles. The van der Waals surface area contributed by atoms with Crippen LogP contribution >= 0.6 is 0 Å². The molecule has 2 aromatic heterocycles.